The summed E-state index contributed by atoms with van der Waals surface area (Å²) in [6.45, 7) is 2.14. The summed E-state index contributed by atoms with van der Waals surface area (Å²) in [5.41, 5.74) is 4.18. The number of rotatable bonds is 5. The highest BCUT2D eigenvalue weighted by Gasteiger charge is 2.27. The van der Waals surface area contributed by atoms with Crippen molar-refractivity contribution in [3.63, 3.8) is 0 Å². The fourth-order valence-corrected chi connectivity index (χ4v) is 4.50. The molecular formula is C22H21N3O2S. The molecule has 0 unspecified atom stereocenters. The van der Waals surface area contributed by atoms with Gasteiger partial charge in [-0.3, -0.25) is 5.32 Å². The summed E-state index contributed by atoms with van der Waals surface area (Å²) in [6.07, 6.45) is 2.35. The third-order valence-corrected chi connectivity index (χ3v) is 6.12. The van der Waals surface area contributed by atoms with Crippen molar-refractivity contribution in [2.24, 2.45) is 0 Å². The first-order chi connectivity index (χ1) is 13.6. The van der Waals surface area contributed by atoms with E-state index < -0.39 is 6.09 Å². The summed E-state index contributed by atoms with van der Waals surface area (Å²) in [6, 6.07) is 16.4. The largest absolute Gasteiger partial charge is 0.465 e. The number of benzene rings is 2. The van der Waals surface area contributed by atoms with E-state index in [1.54, 1.807) is 23.9 Å². The third-order valence-electron chi connectivity index (χ3n) is 5.25. The highest BCUT2D eigenvalue weighted by molar-refractivity contribution is 7.99. The first-order valence-electron chi connectivity index (χ1n) is 9.43. The molecule has 0 atom stereocenters. The molecule has 28 heavy (non-hydrogen) atoms. The molecule has 1 heterocycles. The molecular weight excluding hydrogens is 370 g/mol. The van der Waals surface area contributed by atoms with Crippen LogP contribution in [0.15, 0.2) is 47.4 Å². The maximum atomic E-state index is 10.9. The van der Waals surface area contributed by atoms with Crippen molar-refractivity contribution in [1.82, 2.24) is 4.57 Å². The number of nitrogens with zero attached hydrogens (tertiary/aromatic N) is 2. The van der Waals surface area contributed by atoms with Crippen LogP contribution >= 0.6 is 11.8 Å². The lowest BCUT2D eigenvalue weighted by atomic mass is 9.92. The summed E-state index contributed by atoms with van der Waals surface area (Å²) in [5, 5.41) is 22.2. The van der Waals surface area contributed by atoms with Crippen molar-refractivity contribution < 1.29 is 9.90 Å². The standard InChI is InChI=1S/C22H21N3O2S/c1-2-28-17-10-11-18-19(13-23)21(25(20(18)12-17)16-4-3-5-16)14-6-8-15(9-7-14)24-22(26)27/h6-12,16,24H,2-5H2,1H3,(H,26,27). The lowest BCUT2D eigenvalue weighted by Gasteiger charge is -2.30. The second-order valence-electron chi connectivity index (χ2n) is 6.91. The molecule has 0 spiro atoms. The van der Waals surface area contributed by atoms with Gasteiger partial charge in [0.1, 0.15) is 6.07 Å². The van der Waals surface area contributed by atoms with Crippen molar-refractivity contribution in [1.29, 1.82) is 5.26 Å². The number of hydrogen-bond acceptors (Lipinski definition) is 3. The van der Waals surface area contributed by atoms with E-state index in [1.807, 2.05) is 12.1 Å². The second kappa shape index (κ2) is 7.61. The monoisotopic (exact) mass is 391 g/mol. The van der Waals surface area contributed by atoms with Gasteiger partial charge in [0.05, 0.1) is 16.8 Å². The minimum atomic E-state index is -1.09. The Morgan fingerprint density at radius 2 is 2.04 bits per heavy atom. The van der Waals surface area contributed by atoms with Gasteiger partial charge in [0.15, 0.2) is 0 Å². The van der Waals surface area contributed by atoms with Crippen molar-refractivity contribution in [2.75, 3.05) is 11.1 Å². The maximum Gasteiger partial charge on any atom is 0.409 e. The summed E-state index contributed by atoms with van der Waals surface area (Å²) in [4.78, 5) is 12.1. The van der Waals surface area contributed by atoms with Crippen LogP contribution < -0.4 is 5.32 Å². The molecule has 2 aromatic carbocycles. The molecule has 3 aromatic rings. The molecule has 1 amide bonds. The number of amides is 1. The van der Waals surface area contributed by atoms with Gasteiger partial charge in [-0.2, -0.15) is 5.26 Å². The summed E-state index contributed by atoms with van der Waals surface area (Å²) in [5.74, 6) is 1.01. The van der Waals surface area contributed by atoms with Crippen LogP contribution in [0, 0.1) is 11.3 Å². The number of aromatic nitrogens is 1. The molecule has 1 aliphatic carbocycles. The number of carboxylic acid groups (broad SMARTS) is 1. The fraction of sp³-hybridized carbons (Fsp3) is 0.273. The molecule has 0 bridgehead atoms. The zero-order valence-corrected chi connectivity index (χ0v) is 16.4. The van der Waals surface area contributed by atoms with Gasteiger partial charge < -0.3 is 9.67 Å². The Morgan fingerprint density at radius 1 is 1.29 bits per heavy atom. The quantitative estimate of drug-likeness (QED) is 0.515. The normalized spacial score (nSPS) is 13.9. The topological polar surface area (TPSA) is 78.1 Å². The minimum Gasteiger partial charge on any atom is -0.465 e. The zero-order chi connectivity index (χ0) is 19.7. The van der Waals surface area contributed by atoms with Crippen LogP contribution in [0.5, 0.6) is 0 Å². The molecule has 0 saturated heterocycles. The van der Waals surface area contributed by atoms with E-state index in [0.29, 0.717) is 17.3 Å². The Kier molecular flexibility index (Phi) is 5.01. The number of thioether (sulfide) groups is 1. The lowest BCUT2D eigenvalue weighted by Crippen LogP contribution is -2.17. The van der Waals surface area contributed by atoms with Crippen LogP contribution in [0.2, 0.25) is 0 Å². The summed E-state index contributed by atoms with van der Waals surface area (Å²) >= 11 is 1.80. The molecule has 2 N–H and O–H groups in total. The Hall–Kier alpha value is -2.91. The Morgan fingerprint density at radius 3 is 2.61 bits per heavy atom. The molecule has 142 valence electrons. The predicted molar refractivity (Wildman–Crippen MR) is 113 cm³/mol. The first-order valence-corrected chi connectivity index (χ1v) is 10.4. The highest BCUT2D eigenvalue weighted by Crippen LogP contribution is 2.43. The average Bonchev–Trinajstić information content (AvgIpc) is 2.94. The molecule has 1 aliphatic rings. The lowest BCUT2D eigenvalue weighted by molar-refractivity contribution is 0.210. The Labute approximate surface area is 168 Å². The Balaban J connectivity index is 1.91. The average molecular weight is 391 g/mol. The van der Waals surface area contributed by atoms with Crippen LogP contribution in [-0.2, 0) is 0 Å². The number of fused-ring (bicyclic) bond motifs is 1. The number of nitrogens with one attached hydrogen (secondary N) is 1. The van der Waals surface area contributed by atoms with Gasteiger partial charge in [0.25, 0.3) is 0 Å². The van der Waals surface area contributed by atoms with Crippen LogP contribution in [0.4, 0.5) is 10.5 Å². The molecule has 1 saturated carbocycles. The van der Waals surface area contributed by atoms with Crippen molar-refractivity contribution in [3.8, 4) is 17.3 Å². The van der Waals surface area contributed by atoms with Crippen molar-refractivity contribution in [2.45, 2.75) is 37.1 Å². The van der Waals surface area contributed by atoms with Gasteiger partial charge in [-0.1, -0.05) is 25.1 Å². The van der Waals surface area contributed by atoms with Crippen LogP contribution in [0.1, 0.15) is 37.8 Å². The van der Waals surface area contributed by atoms with Gasteiger partial charge in [-0.05, 0) is 54.8 Å². The predicted octanol–water partition coefficient (Wildman–Crippen LogP) is 6.11. The van der Waals surface area contributed by atoms with E-state index >= 15 is 0 Å². The maximum absolute atomic E-state index is 10.9. The Bertz CT molecular complexity index is 1080. The van der Waals surface area contributed by atoms with Gasteiger partial charge in [-0.15, -0.1) is 11.8 Å². The third kappa shape index (κ3) is 3.23. The zero-order valence-electron chi connectivity index (χ0n) is 15.6. The van der Waals surface area contributed by atoms with Crippen LogP contribution in [0.3, 0.4) is 0 Å². The van der Waals surface area contributed by atoms with Crippen molar-refractivity contribution in [3.05, 3.63) is 48.0 Å². The van der Waals surface area contributed by atoms with E-state index in [9.17, 15) is 10.1 Å². The highest BCUT2D eigenvalue weighted by atomic mass is 32.2. The molecule has 1 fully saturated rings. The second-order valence-corrected chi connectivity index (χ2v) is 8.25. The SMILES string of the molecule is CCSc1ccc2c(C#N)c(-c3ccc(NC(=O)O)cc3)n(C3CCC3)c2c1. The van der Waals surface area contributed by atoms with Gasteiger partial charge in [0.2, 0.25) is 0 Å². The van der Waals surface area contributed by atoms with Gasteiger partial charge >= 0.3 is 6.09 Å². The molecule has 1 aromatic heterocycles. The number of anilines is 1. The van der Waals surface area contributed by atoms with Gasteiger partial charge in [0, 0.05) is 22.0 Å². The number of hydrogen-bond donors (Lipinski definition) is 2. The molecule has 4 rings (SSSR count). The van der Waals surface area contributed by atoms with E-state index in [-0.39, 0.29) is 0 Å². The number of nitriles is 1. The minimum absolute atomic E-state index is 0.401. The molecule has 0 aliphatic heterocycles. The summed E-state index contributed by atoms with van der Waals surface area (Å²) < 4.78 is 2.33. The van der Waals surface area contributed by atoms with E-state index in [0.717, 1.165) is 40.8 Å². The van der Waals surface area contributed by atoms with Gasteiger partial charge in [-0.25, -0.2) is 4.79 Å². The van der Waals surface area contributed by atoms with Crippen LogP contribution in [0.25, 0.3) is 22.2 Å². The van der Waals surface area contributed by atoms with E-state index in [1.165, 1.54) is 11.3 Å². The molecule has 0 radical (unpaired) electrons. The van der Waals surface area contributed by atoms with Crippen molar-refractivity contribution >= 4 is 34.4 Å². The molecule has 5 nitrogen and oxygen atoms in total. The van der Waals surface area contributed by atoms with Crippen LogP contribution in [-0.4, -0.2) is 21.5 Å². The number of carbonyl (C=O) groups is 1. The molecule has 6 heteroatoms. The summed E-state index contributed by atoms with van der Waals surface area (Å²) in [7, 11) is 0. The fourth-order valence-electron chi connectivity index (χ4n) is 3.80. The first kappa shape index (κ1) is 18.5. The van der Waals surface area contributed by atoms with E-state index in [4.69, 9.17) is 5.11 Å². The van der Waals surface area contributed by atoms with E-state index in [2.05, 4.69) is 41.1 Å². The smallest absolute Gasteiger partial charge is 0.409 e.